The van der Waals surface area contributed by atoms with Gasteiger partial charge in [0.05, 0.1) is 6.61 Å². The molecule has 0 saturated carbocycles. The largest absolute Gasteiger partial charge is 0.383 e. The Balaban J connectivity index is 2.06. The maximum Gasteiger partial charge on any atom is 0.115 e. The van der Waals surface area contributed by atoms with E-state index < -0.39 is 5.60 Å². The van der Waals surface area contributed by atoms with Gasteiger partial charge < -0.3 is 15.2 Å². The Morgan fingerprint density at radius 2 is 1.82 bits per heavy atom. The molecule has 0 aromatic heterocycles. The summed E-state index contributed by atoms with van der Waals surface area (Å²) in [5.74, 6) is 0. The van der Waals surface area contributed by atoms with E-state index in [1.54, 1.807) is 0 Å². The van der Waals surface area contributed by atoms with Crippen LogP contribution in [-0.2, 0) is 10.3 Å². The minimum atomic E-state index is -1.06. The van der Waals surface area contributed by atoms with Gasteiger partial charge in [0, 0.05) is 17.6 Å². The molecule has 2 aromatic rings. The van der Waals surface area contributed by atoms with Crippen molar-refractivity contribution in [2.45, 2.75) is 18.6 Å². The summed E-state index contributed by atoms with van der Waals surface area (Å²) in [6.07, 6.45) is -0.259. The van der Waals surface area contributed by atoms with Crippen LogP contribution >= 0.6 is 15.9 Å². The van der Waals surface area contributed by atoms with Gasteiger partial charge in [-0.05, 0) is 29.7 Å². The van der Waals surface area contributed by atoms with E-state index in [1.807, 2.05) is 49.4 Å². The fourth-order valence-electron chi connectivity index (χ4n) is 2.94. The van der Waals surface area contributed by atoms with Crippen LogP contribution in [0.2, 0.25) is 0 Å². The lowest BCUT2D eigenvalue weighted by molar-refractivity contribution is -0.114. The van der Waals surface area contributed by atoms with Crippen molar-refractivity contribution >= 4 is 15.9 Å². The fraction of sp³-hybridized carbons (Fsp3) is 0.333. The first-order valence-corrected chi connectivity index (χ1v) is 8.29. The highest BCUT2D eigenvalue weighted by Gasteiger charge is 2.37. The highest BCUT2D eigenvalue weighted by molar-refractivity contribution is 9.10. The Kier molecular flexibility index (Phi) is 4.64. The second-order valence-corrected chi connectivity index (χ2v) is 6.59. The van der Waals surface area contributed by atoms with Gasteiger partial charge in [0.1, 0.15) is 11.7 Å². The van der Waals surface area contributed by atoms with Crippen LogP contribution in [-0.4, -0.2) is 30.9 Å². The SMILES string of the molecule is CC(O)(c1ccccc1-c1ccccc1Br)C1CNCCO1. The zero-order valence-corrected chi connectivity index (χ0v) is 14.1. The molecule has 0 radical (unpaired) electrons. The van der Waals surface area contributed by atoms with Crippen molar-refractivity contribution in [3.8, 4) is 11.1 Å². The quantitative estimate of drug-likeness (QED) is 0.880. The van der Waals surface area contributed by atoms with Crippen LogP contribution in [0, 0.1) is 0 Å². The molecule has 1 aliphatic rings. The van der Waals surface area contributed by atoms with Crippen LogP contribution in [0.5, 0.6) is 0 Å². The Morgan fingerprint density at radius 1 is 1.14 bits per heavy atom. The smallest absolute Gasteiger partial charge is 0.115 e. The molecule has 4 heteroatoms. The van der Waals surface area contributed by atoms with E-state index in [-0.39, 0.29) is 6.10 Å². The highest BCUT2D eigenvalue weighted by atomic mass is 79.9. The lowest BCUT2D eigenvalue weighted by Gasteiger charge is -2.37. The monoisotopic (exact) mass is 361 g/mol. The molecule has 3 nitrogen and oxygen atoms in total. The molecule has 2 aromatic carbocycles. The lowest BCUT2D eigenvalue weighted by Crippen LogP contribution is -2.50. The molecule has 1 aliphatic heterocycles. The maximum atomic E-state index is 11.2. The van der Waals surface area contributed by atoms with E-state index in [0.717, 1.165) is 27.7 Å². The summed E-state index contributed by atoms with van der Waals surface area (Å²) < 4.78 is 6.81. The summed E-state index contributed by atoms with van der Waals surface area (Å²) in [6, 6.07) is 16.0. The molecule has 0 spiro atoms. The predicted octanol–water partition coefficient (Wildman–Crippen LogP) is 3.31. The third kappa shape index (κ3) is 2.97. The van der Waals surface area contributed by atoms with Crippen LogP contribution in [0.25, 0.3) is 11.1 Å². The molecule has 0 bridgehead atoms. The summed E-state index contributed by atoms with van der Waals surface area (Å²) in [7, 11) is 0. The third-order valence-corrected chi connectivity index (χ3v) is 4.88. The van der Waals surface area contributed by atoms with Gasteiger partial charge in [0.2, 0.25) is 0 Å². The zero-order valence-electron chi connectivity index (χ0n) is 12.6. The molecule has 1 saturated heterocycles. The Bertz CT molecular complexity index is 651. The molecular weight excluding hydrogens is 342 g/mol. The van der Waals surface area contributed by atoms with Crippen molar-refractivity contribution in [1.82, 2.24) is 5.32 Å². The number of hydrogen-bond acceptors (Lipinski definition) is 3. The van der Waals surface area contributed by atoms with Crippen LogP contribution < -0.4 is 5.32 Å². The molecule has 22 heavy (non-hydrogen) atoms. The standard InChI is InChI=1S/C18H20BrNO2/c1-18(21,17-12-20-10-11-22-17)15-8-4-2-6-13(15)14-7-3-5-9-16(14)19/h2-9,17,20-21H,10-12H2,1H3. The van der Waals surface area contributed by atoms with Crippen LogP contribution in [0.1, 0.15) is 12.5 Å². The summed E-state index contributed by atoms with van der Waals surface area (Å²) in [4.78, 5) is 0. The summed E-state index contributed by atoms with van der Waals surface area (Å²) in [5, 5.41) is 14.5. The first-order valence-electron chi connectivity index (χ1n) is 7.50. The Hall–Kier alpha value is -1.20. The number of halogens is 1. The molecule has 1 heterocycles. The van der Waals surface area contributed by atoms with E-state index in [9.17, 15) is 5.11 Å². The van der Waals surface area contributed by atoms with E-state index in [0.29, 0.717) is 13.2 Å². The zero-order chi connectivity index (χ0) is 15.6. The molecule has 0 aliphatic carbocycles. The molecule has 2 N–H and O–H groups in total. The minimum absolute atomic E-state index is 0.259. The van der Waals surface area contributed by atoms with Crippen molar-refractivity contribution in [2.24, 2.45) is 0 Å². The maximum absolute atomic E-state index is 11.2. The van der Waals surface area contributed by atoms with Crippen LogP contribution in [0.4, 0.5) is 0 Å². The molecular formula is C18H20BrNO2. The van der Waals surface area contributed by atoms with E-state index in [1.165, 1.54) is 0 Å². The molecule has 2 atom stereocenters. The number of morpholine rings is 1. The van der Waals surface area contributed by atoms with Crippen LogP contribution in [0.15, 0.2) is 53.0 Å². The summed E-state index contributed by atoms with van der Waals surface area (Å²) in [5.41, 5.74) is 1.92. The van der Waals surface area contributed by atoms with Gasteiger partial charge in [-0.25, -0.2) is 0 Å². The van der Waals surface area contributed by atoms with Crippen molar-refractivity contribution < 1.29 is 9.84 Å². The van der Waals surface area contributed by atoms with Crippen molar-refractivity contribution in [3.05, 3.63) is 58.6 Å². The number of rotatable bonds is 3. The fourth-order valence-corrected chi connectivity index (χ4v) is 3.44. The van der Waals surface area contributed by atoms with Crippen molar-refractivity contribution in [3.63, 3.8) is 0 Å². The number of benzene rings is 2. The molecule has 116 valence electrons. The number of aliphatic hydroxyl groups is 1. The number of hydrogen-bond donors (Lipinski definition) is 2. The minimum Gasteiger partial charge on any atom is -0.383 e. The van der Waals surface area contributed by atoms with Gasteiger partial charge in [0.15, 0.2) is 0 Å². The highest BCUT2D eigenvalue weighted by Crippen LogP contribution is 2.37. The van der Waals surface area contributed by atoms with E-state index in [4.69, 9.17) is 4.74 Å². The van der Waals surface area contributed by atoms with E-state index >= 15 is 0 Å². The average molecular weight is 362 g/mol. The summed E-state index contributed by atoms with van der Waals surface area (Å²) in [6.45, 7) is 3.94. The van der Waals surface area contributed by atoms with Crippen molar-refractivity contribution in [1.29, 1.82) is 0 Å². The normalized spacial score (nSPS) is 21.3. The first-order chi connectivity index (χ1) is 10.6. The van der Waals surface area contributed by atoms with Crippen molar-refractivity contribution in [2.75, 3.05) is 19.7 Å². The average Bonchev–Trinajstić information content (AvgIpc) is 2.56. The summed E-state index contributed by atoms with van der Waals surface area (Å²) >= 11 is 3.60. The van der Waals surface area contributed by atoms with E-state index in [2.05, 4.69) is 27.3 Å². The van der Waals surface area contributed by atoms with Gasteiger partial charge in [-0.1, -0.05) is 58.4 Å². The third-order valence-electron chi connectivity index (χ3n) is 4.19. The number of nitrogens with one attached hydrogen (secondary N) is 1. The topological polar surface area (TPSA) is 41.5 Å². The van der Waals surface area contributed by atoms with Crippen LogP contribution in [0.3, 0.4) is 0 Å². The second-order valence-electron chi connectivity index (χ2n) is 5.74. The Morgan fingerprint density at radius 3 is 2.50 bits per heavy atom. The molecule has 1 fully saturated rings. The number of ether oxygens (including phenoxy) is 1. The second kappa shape index (κ2) is 6.50. The molecule has 2 unspecified atom stereocenters. The predicted molar refractivity (Wildman–Crippen MR) is 91.8 cm³/mol. The first kappa shape index (κ1) is 15.7. The van der Waals surface area contributed by atoms with Gasteiger partial charge >= 0.3 is 0 Å². The molecule has 0 amide bonds. The van der Waals surface area contributed by atoms with Gasteiger partial charge in [-0.3, -0.25) is 0 Å². The van der Waals surface area contributed by atoms with Gasteiger partial charge in [-0.15, -0.1) is 0 Å². The van der Waals surface area contributed by atoms with Gasteiger partial charge in [-0.2, -0.15) is 0 Å². The Labute approximate surface area is 139 Å². The van der Waals surface area contributed by atoms with Gasteiger partial charge in [0.25, 0.3) is 0 Å². The lowest BCUT2D eigenvalue weighted by atomic mass is 9.84. The molecule has 3 rings (SSSR count).